The second-order valence-electron chi connectivity index (χ2n) is 15.1. The number of hydrogen-bond donors (Lipinski definition) is 1. The Morgan fingerprint density at radius 1 is 1.02 bits per heavy atom. The Morgan fingerprint density at radius 2 is 1.59 bits per heavy atom. The number of ether oxygens (including phenoxy) is 1. The molecular weight excluding hydrogens is 553 g/mol. The Hall–Kier alpha value is -2.05. The lowest BCUT2D eigenvalue weighted by molar-refractivity contribution is 0.0541. The lowest BCUT2D eigenvalue weighted by Gasteiger charge is -2.44. The van der Waals surface area contributed by atoms with Crippen molar-refractivity contribution in [2.75, 3.05) is 18.6 Å². The maximum Gasteiger partial charge on any atom is 0.414 e. The van der Waals surface area contributed by atoms with Gasteiger partial charge in [-0.25, -0.2) is 9.69 Å². The number of benzene rings is 1. The van der Waals surface area contributed by atoms with Crippen molar-refractivity contribution in [3.8, 4) is 11.5 Å². The molecule has 2 aliphatic heterocycles. The van der Waals surface area contributed by atoms with E-state index in [1.54, 1.807) is 19.2 Å². The van der Waals surface area contributed by atoms with Gasteiger partial charge in [-0.05, 0) is 65.5 Å². The number of methoxy groups -OCH3 is 1. The molecule has 1 aromatic rings. The fourth-order valence-corrected chi connectivity index (χ4v) is 13.6. The molecule has 2 heterocycles. The molecule has 1 saturated heterocycles. The fraction of sp³-hybridized carbons (Fsp3) is 0.742. The number of carboxylic acid groups (broad SMARTS) is 1. The van der Waals surface area contributed by atoms with Gasteiger partial charge >= 0.3 is 6.09 Å². The van der Waals surface area contributed by atoms with E-state index < -0.39 is 29.0 Å². The van der Waals surface area contributed by atoms with Crippen molar-refractivity contribution in [2.45, 2.75) is 129 Å². The number of carbonyl (C=O) groups excluding carboxylic acids is 1. The van der Waals surface area contributed by atoms with Crippen molar-refractivity contribution in [2.24, 2.45) is 5.41 Å². The molecule has 2 atom stereocenters. The molecule has 2 fully saturated rings. The molecule has 41 heavy (non-hydrogen) atoms. The van der Waals surface area contributed by atoms with Gasteiger partial charge in [0.25, 0.3) is 14.2 Å². The van der Waals surface area contributed by atoms with Gasteiger partial charge in [0, 0.05) is 12.6 Å². The second-order valence-corrected chi connectivity index (χ2v) is 25.2. The Balaban J connectivity index is 1.94. The third-order valence-corrected chi connectivity index (χ3v) is 21.0. The van der Waals surface area contributed by atoms with E-state index in [4.69, 9.17) is 13.6 Å². The Kier molecular flexibility index (Phi) is 8.24. The van der Waals surface area contributed by atoms with E-state index in [1.807, 2.05) is 4.90 Å². The van der Waals surface area contributed by atoms with Gasteiger partial charge in [-0.3, -0.25) is 4.79 Å². The summed E-state index contributed by atoms with van der Waals surface area (Å²) in [6.45, 7) is 24.6. The highest BCUT2D eigenvalue weighted by molar-refractivity contribution is 6.78. The molecule has 0 aromatic heterocycles. The number of amides is 2. The predicted octanol–water partition coefficient (Wildman–Crippen LogP) is 8.09. The van der Waals surface area contributed by atoms with Crippen molar-refractivity contribution < 1.29 is 28.3 Å². The number of nitrogens with zero attached hydrogens (tertiary/aromatic N) is 2. The quantitative estimate of drug-likeness (QED) is 0.302. The van der Waals surface area contributed by atoms with Crippen molar-refractivity contribution in [3.05, 3.63) is 17.7 Å². The van der Waals surface area contributed by atoms with Gasteiger partial charge in [-0.1, -0.05) is 62.3 Å². The summed E-state index contributed by atoms with van der Waals surface area (Å²) in [5.41, 5.74) is 1.63. The molecular formula is C31H52N2O6Si2. The standard InChI is InChI=1S/C31H52N2O6Si2/c1-19(2)41(20(3)4,21(5)6)38-26-16-23-22(15-25(26)37-10)27(34)32-18-31(13-14-31)17-24(32)28(33(23)29(35)36)39-40(11,12)30(7,8)9/h15-16,19-21,24,28H,13-14,17-18H2,1-12H3,(H,35,36)/t24-,28?/m0/s1. The fourth-order valence-electron chi connectivity index (χ4n) is 7.10. The summed E-state index contributed by atoms with van der Waals surface area (Å²) in [4.78, 5) is 30.7. The van der Waals surface area contributed by atoms with Crippen LogP contribution in [0.3, 0.4) is 0 Å². The first-order chi connectivity index (χ1) is 18.8. The first-order valence-corrected chi connectivity index (χ1v) is 20.3. The maximum absolute atomic E-state index is 14.3. The van der Waals surface area contributed by atoms with Gasteiger partial charge in [-0.2, -0.15) is 0 Å². The van der Waals surface area contributed by atoms with Crippen molar-refractivity contribution >= 4 is 34.3 Å². The van der Waals surface area contributed by atoms with Crippen LogP contribution >= 0.6 is 0 Å². The second kappa shape index (κ2) is 10.6. The van der Waals surface area contributed by atoms with Crippen LogP contribution in [0.5, 0.6) is 11.5 Å². The van der Waals surface area contributed by atoms with Crippen LogP contribution in [0.25, 0.3) is 0 Å². The molecule has 1 aliphatic carbocycles. The molecule has 1 saturated carbocycles. The zero-order valence-electron chi connectivity index (χ0n) is 27.3. The summed E-state index contributed by atoms with van der Waals surface area (Å²) in [5.74, 6) is 0.799. The Morgan fingerprint density at radius 3 is 2.02 bits per heavy atom. The van der Waals surface area contributed by atoms with E-state index in [9.17, 15) is 14.7 Å². The average molecular weight is 605 g/mol. The monoisotopic (exact) mass is 604 g/mol. The molecule has 3 aliphatic rings. The number of hydrogen-bond acceptors (Lipinski definition) is 5. The third-order valence-electron chi connectivity index (χ3n) is 10.5. The van der Waals surface area contributed by atoms with E-state index in [2.05, 4.69) is 75.4 Å². The van der Waals surface area contributed by atoms with E-state index in [0.29, 0.717) is 45.9 Å². The first kappa shape index (κ1) is 31.9. The van der Waals surface area contributed by atoms with Gasteiger partial charge in [0.05, 0.1) is 24.4 Å². The Labute approximate surface area is 249 Å². The maximum atomic E-state index is 14.3. The number of fused-ring (bicyclic) bond motifs is 2. The van der Waals surface area contributed by atoms with Crippen LogP contribution < -0.4 is 14.1 Å². The zero-order chi connectivity index (χ0) is 30.9. The summed E-state index contributed by atoms with van der Waals surface area (Å²) in [6, 6.07) is 3.09. The highest BCUT2D eigenvalue weighted by atomic mass is 28.4. The highest BCUT2D eigenvalue weighted by Crippen LogP contribution is 2.58. The number of anilines is 1. The molecule has 8 nitrogen and oxygen atoms in total. The zero-order valence-corrected chi connectivity index (χ0v) is 29.3. The first-order valence-electron chi connectivity index (χ1n) is 15.2. The number of carbonyl (C=O) groups is 2. The summed E-state index contributed by atoms with van der Waals surface area (Å²) >= 11 is 0. The largest absolute Gasteiger partial charge is 0.540 e. The summed E-state index contributed by atoms with van der Waals surface area (Å²) < 4.78 is 19.9. The minimum atomic E-state index is -2.44. The lowest BCUT2D eigenvalue weighted by Crippen LogP contribution is -2.57. The minimum Gasteiger partial charge on any atom is -0.540 e. The van der Waals surface area contributed by atoms with Gasteiger partial charge in [0.1, 0.15) is 5.75 Å². The van der Waals surface area contributed by atoms with Crippen LogP contribution in [0.1, 0.15) is 91.9 Å². The smallest absolute Gasteiger partial charge is 0.414 e. The van der Waals surface area contributed by atoms with Crippen molar-refractivity contribution in [1.82, 2.24) is 4.90 Å². The van der Waals surface area contributed by atoms with Gasteiger partial charge in [0.2, 0.25) is 0 Å². The average Bonchev–Trinajstić information content (AvgIpc) is 3.50. The third kappa shape index (κ3) is 5.33. The summed E-state index contributed by atoms with van der Waals surface area (Å²) in [7, 11) is -3.28. The topological polar surface area (TPSA) is 88.5 Å². The summed E-state index contributed by atoms with van der Waals surface area (Å²) in [5, 5.41) is 10.7. The normalized spacial score (nSPS) is 22.4. The van der Waals surface area contributed by atoms with Crippen LogP contribution in [-0.2, 0) is 4.43 Å². The SMILES string of the molecule is COc1cc2c(cc1O[Si](C(C)C)(C(C)C)C(C)C)N(C(=O)O)C(O[Si](C)(C)C(C)(C)C)[C@@H]1CC3(CC3)CN1C2=O. The molecule has 1 N–H and O–H groups in total. The van der Waals surface area contributed by atoms with Crippen LogP contribution in [0.4, 0.5) is 10.5 Å². The van der Waals surface area contributed by atoms with E-state index in [-0.39, 0.29) is 22.4 Å². The minimum absolute atomic E-state index is 0.0706. The van der Waals surface area contributed by atoms with Crippen LogP contribution in [0.2, 0.25) is 34.8 Å². The molecule has 230 valence electrons. The lowest BCUT2D eigenvalue weighted by atomic mass is 10.0. The molecule has 2 amide bonds. The van der Waals surface area contributed by atoms with E-state index in [0.717, 1.165) is 19.3 Å². The highest BCUT2D eigenvalue weighted by Gasteiger charge is 2.59. The van der Waals surface area contributed by atoms with E-state index >= 15 is 0 Å². The molecule has 0 radical (unpaired) electrons. The van der Waals surface area contributed by atoms with Crippen molar-refractivity contribution in [1.29, 1.82) is 0 Å². The number of rotatable bonds is 8. The molecule has 4 rings (SSSR count). The van der Waals surface area contributed by atoms with Crippen LogP contribution in [-0.4, -0.2) is 64.6 Å². The Bertz CT molecular complexity index is 1170. The predicted molar refractivity (Wildman–Crippen MR) is 168 cm³/mol. The van der Waals surface area contributed by atoms with Crippen LogP contribution in [0.15, 0.2) is 12.1 Å². The molecule has 1 unspecified atom stereocenters. The van der Waals surface area contributed by atoms with Gasteiger partial charge in [-0.15, -0.1) is 0 Å². The molecule has 1 aromatic carbocycles. The van der Waals surface area contributed by atoms with Gasteiger partial charge in [0.15, 0.2) is 20.3 Å². The van der Waals surface area contributed by atoms with Gasteiger partial charge < -0.3 is 23.6 Å². The molecule has 1 spiro atoms. The molecule has 0 bridgehead atoms. The molecule has 10 heteroatoms. The van der Waals surface area contributed by atoms with Crippen LogP contribution in [0, 0.1) is 5.41 Å². The van der Waals surface area contributed by atoms with Crippen molar-refractivity contribution in [3.63, 3.8) is 0 Å². The summed E-state index contributed by atoms with van der Waals surface area (Å²) in [6.07, 6.45) is 0.935. The van der Waals surface area contributed by atoms with E-state index in [1.165, 1.54) is 4.90 Å².